The maximum Gasteiger partial charge on any atom is 0.307 e. The van der Waals surface area contributed by atoms with Crippen LogP contribution in [-0.4, -0.2) is 27.9 Å². The fourth-order valence-corrected chi connectivity index (χ4v) is 1.44. The Balaban J connectivity index is 2.62. The number of hydrogen-bond donors (Lipinski definition) is 3. The van der Waals surface area contributed by atoms with Gasteiger partial charge in [0.1, 0.15) is 5.78 Å². The minimum atomic E-state index is -0.969. The van der Waals surface area contributed by atoms with E-state index in [0.717, 1.165) is 5.69 Å². The first kappa shape index (κ1) is 12.4. The van der Waals surface area contributed by atoms with Gasteiger partial charge in [-0.1, -0.05) is 0 Å². The van der Waals surface area contributed by atoms with Crippen molar-refractivity contribution in [3.63, 3.8) is 0 Å². The molecule has 1 aromatic heterocycles. The van der Waals surface area contributed by atoms with Crippen molar-refractivity contribution >= 4 is 11.8 Å². The molecule has 0 aromatic carbocycles. The first-order valence-electron chi connectivity index (χ1n) is 5.14. The molecule has 0 spiro atoms. The molecule has 4 N–H and O–H groups in total. The van der Waals surface area contributed by atoms with Crippen molar-refractivity contribution in [2.75, 3.05) is 0 Å². The molecule has 2 unspecified atom stereocenters. The monoisotopic (exact) mass is 224 g/mol. The first-order chi connectivity index (χ1) is 7.50. The van der Waals surface area contributed by atoms with Crippen molar-refractivity contribution in [2.45, 2.75) is 25.8 Å². The smallest absolute Gasteiger partial charge is 0.307 e. The number of hydrogen-bond acceptors (Lipinski definition) is 3. The molecule has 1 aromatic rings. The van der Waals surface area contributed by atoms with Gasteiger partial charge in [0, 0.05) is 24.7 Å². The van der Waals surface area contributed by atoms with Crippen LogP contribution in [0.1, 0.15) is 19.0 Å². The van der Waals surface area contributed by atoms with Gasteiger partial charge < -0.3 is 15.8 Å². The molecule has 0 fully saturated rings. The lowest BCUT2D eigenvalue weighted by molar-refractivity contribution is -0.143. The number of H-pyrrole nitrogens is 1. The van der Waals surface area contributed by atoms with Gasteiger partial charge in [-0.25, -0.2) is 0 Å². The van der Waals surface area contributed by atoms with Crippen LogP contribution < -0.4 is 5.73 Å². The number of rotatable bonds is 6. The van der Waals surface area contributed by atoms with E-state index in [1.807, 2.05) is 0 Å². The van der Waals surface area contributed by atoms with Gasteiger partial charge in [-0.3, -0.25) is 9.59 Å². The number of carboxylic acids is 1. The summed E-state index contributed by atoms with van der Waals surface area (Å²) in [7, 11) is 0. The molecule has 0 aliphatic carbocycles. The Hall–Kier alpha value is -1.62. The molecule has 88 valence electrons. The van der Waals surface area contributed by atoms with Gasteiger partial charge in [-0.2, -0.15) is 0 Å². The molecule has 0 saturated heterocycles. The molecule has 0 aliphatic heterocycles. The number of ketones is 1. The summed E-state index contributed by atoms with van der Waals surface area (Å²) in [5, 5.41) is 9.00. The maximum atomic E-state index is 11.4. The van der Waals surface area contributed by atoms with E-state index < -0.39 is 17.9 Å². The van der Waals surface area contributed by atoms with E-state index in [4.69, 9.17) is 10.8 Å². The number of Topliss-reactive ketones (excluding diaryl/α,β-unsaturated/α-hetero) is 1. The highest BCUT2D eigenvalue weighted by atomic mass is 16.4. The quantitative estimate of drug-likeness (QED) is 0.658. The number of carboxylic acid groups (broad SMARTS) is 1. The number of carbonyl (C=O) groups is 2. The zero-order valence-electron chi connectivity index (χ0n) is 9.14. The minimum absolute atomic E-state index is 0.0218. The zero-order valence-corrected chi connectivity index (χ0v) is 9.14. The van der Waals surface area contributed by atoms with Crippen LogP contribution in [0.4, 0.5) is 0 Å². The molecule has 2 atom stereocenters. The van der Waals surface area contributed by atoms with E-state index in [0.29, 0.717) is 6.42 Å². The number of nitrogens with one attached hydrogen (secondary N) is 1. The molecular formula is C11H16N2O3. The van der Waals surface area contributed by atoms with E-state index in [2.05, 4.69) is 4.98 Å². The Morgan fingerprint density at radius 2 is 2.25 bits per heavy atom. The Morgan fingerprint density at radius 1 is 1.56 bits per heavy atom. The van der Waals surface area contributed by atoms with Crippen LogP contribution in [0.3, 0.4) is 0 Å². The average Bonchev–Trinajstić information content (AvgIpc) is 2.68. The standard InChI is InChI=1S/C11H16N2O3/c1-7(12)10(14)6-8(11(15)16)5-9-3-2-4-13-9/h2-4,7-8,13H,5-6,12H2,1H3,(H,15,16). The van der Waals surface area contributed by atoms with Crippen molar-refractivity contribution < 1.29 is 14.7 Å². The normalized spacial score (nSPS) is 14.4. The lowest BCUT2D eigenvalue weighted by Gasteiger charge is -2.12. The van der Waals surface area contributed by atoms with E-state index in [9.17, 15) is 9.59 Å². The summed E-state index contributed by atoms with van der Waals surface area (Å²) < 4.78 is 0. The SMILES string of the molecule is CC(N)C(=O)CC(Cc1ccc[nH]1)C(=O)O. The Kier molecular flexibility index (Phi) is 4.25. The van der Waals surface area contributed by atoms with Crippen LogP contribution in [0.5, 0.6) is 0 Å². The average molecular weight is 224 g/mol. The molecule has 0 amide bonds. The molecule has 0 radical (unpaired) electrons. The summed E-state index contributed by atoms with van der Waals surface area (Å²) in [6, 6.07) is 2.99. The second-order valence-corrected chi connectivity index (χ2v) is 3.89. The Morgan fingerprint density at radius 3 is 2.69 bits per heavy atom. The molecule has 0 bridgehead atoms. The van der Waals surface area contributed by atoms with Gasteiger partial charge in [0.05, 0.1) is 12.0 Å². The number of aromatic nitrogens is 1. The summed E-state index contributed by atoms with van der Waals surface area (Å²) >= 11 is 0. The maximum absolute atomic E-state index is 11.4. The van der Waals surface area contributed by atoms with E-state index in [1.165, 1.54) is 0 Å². The van der Waals surface area contributed by atoms with Gasteiger partial charge in [-0.05, 0) is 19.1 Å². The third kappa shape index (κ3) is 3.51. The molecule has 1 rings (SSSR count). The van der Waals surface area contributed by atoms with Gasteiger partial charge in [-0.15, -0.1) is 0 Å². The molecule has 16 heavy (non-hydrogen) atoms. The second-order valence-electron chi connectivity index (χ2n) is 3.89. The van der Waals surface area contributed by atoms with E-state index >= 15 is 0 Å². The highest BCUT2D eigenvalue weighted by Crippen LogP contribution is 2.12. The predicted octanol–water partition coefficient (Wildman–Crippen LogP) is 0.564. The minimum Gasteiger partial charge on any atom is -0.481 e. The van der Waals surface area contributed by atoms with Gasteiger partial charge in [0.15, 0.2) is 0 Å². The summed E-state index contributed by atoms with van der Waals surface area (Å²) in [6.07, 6.45) is 2.02. The van der Waals surface area contributed by atoms with Crippen LogP contribution >= 0.6 is 0 Å². The van der Waals surface area contributed by atoms with Crippen LogP contribution in [0.2, 0.25) is 0 Å². The number of carbonyl (C=O) groups excluding carboxylic acids is 1. The number of aromatic amines is 1. The third-order valence-electron chi connectivity index (χ3n) is 2.43. The Labute approximate surface area is 93.7 Å². The second kappa shape index (κ2) is 5.46. The lowest BCUT2D eigenvalue weighted by Crippen LogP contribution is -2.31. The fourth-order valence-electron chi connectivity index (χ4n) is 1.44. The number of nitrogens with two attached hydrogens (primary N) is 1. The molecular weight excluding hydrogens is 208 g/mol. The van der Waals surface area contributed by atoms with E-state index in [-0.39, 0.29) is 12.2 Å². The van der Waals surface area contributed by atoms with Crippen molar-refractivity contribution in [2.24, 2.45) is 11.7 Å². The zero-order chi connectivity index (χ0) is 12.1. The molecule has 5 heteroatoms. The van der Waals surface area contributed by atoms with Crippen molar-refractivity contribution in [3.8, 4) is 0 Å². The lowest BCUT2D eigenvalue weighted by atomic mass is 9.95. The van der Waals surface area contributed by atoms with Gasteiger partial charge in [0.25, 0.3) is 0 Å². The van der Waals surface area contributed by atoms with Crippen molar-refractivity contribution in [1.82, 2.24) is 4.98 Å². The highest BCUT2D eigenvalue weighted by Gasteiger charge is 2.23. The van der Waals surface area contributed by atoms with Gasteiger partial charge in [0.2, 0.25) is 0 Å². The largest absolute Gasteiger partial charge is 0.481 e. The molecule has 5 nitrogen and oxygen atoms in total. The fraction of sp³-hybridized carbons (Fsp3) is 0.455. The van der Waals surface area contributed by atoms with E-state index in [1.54, 1.807) is 25.3 Å². The van der Waals surface area contributed by atoms with Crippen LogP contribution in [0.15, 0.2) is 18.3 Å². The number of aliphatic carboxylic acids is 1. The van der Waals surface area contributed by atoms with Crippen LogP contribution in [0.25, 0.3) is 0 Å². The molecule has 1 heterocycles. The first-order valence-corrected chi connectivity index (χ1v) is 5.14. The summed E-state index contributed by atoms with van der Waals surface area (Å²) in [5.74, 6) is -1.90. The van der Waals surface area contributed by atoms with Crippen molar-refractivity contribution in [1.29, 1.82) is 0 Å². The molecule has 0 saturated carbocycles. The Bertz CT molecular complexity index is 357. The molecule has 0 aliphatic rings. The highest BCUT2D eigenvalue weighted by molar-refractivity contribution is 5.87. The predicted molar refractivity (Wildman–Crippen MR) is 58.9 cm³/mol. The topological polar surface area (TPSA) is 96.2 Å². The van der Waals surface area contributed by atoms with Crippen LogP contribution in [-0.2, 0) is 16.0 Å². The summed E-state index contributed by atoms with van der Waals surface area (Å²) in [4.78, 5) is 25.3. The van der Waals surface area contributed by atoms with Crippen molar-refractivity contribution in [3.05, 3.63) is 24.0 Å². The third-order valence-corrected chi connectivity index (χ3v) is 2.43. The summed E-state index contributed by atoms with van der Waals surface area (Å²) in [6.45, 7) is 1.57. The van der Waals surface area contributed by atoms with Gasteiger partial charge >= 0.3 is 5.97 Å². The summed E-state index contributed by atoms with van der Waals surface area (Å²) in [5.41, 5.74) is 6.22. The van der Waals surface area contributed by atoms with Crippen LogP contribution in [0, 0.1) is 5.92 Å².